The van der Waals surface area contributed by atoms with E-state index in [9.17, 15) is 9.18 Å². The molecule has 0 unspecified atom stereocenters. The Balaban J connectivity index is 1.91. The van der Waals surface area contributed by atoms with E-state index in [1.165, 1.54) is 12.1 Å². The van der Waals surface area contributed by atoms with Crippen molar-refractivity contribution in [3.05, 3.63) is 24.7 Å². The molecule has 0 aromatic carbocycles. The van der Waals surface area contributed by atoms with Crippen LogP contribution in [0.25, 0.3) is 22.2 Å². The van der Waals surface area contributed by atoms with Gasteiger partial charge in [0.05, 0.1) is 45.6 Å². The third-order valence-corrected chi connectivity index (χ3v) is 4.22. The second-order valence-electron chi connectivity index (χ2n) is 5.90. The molecule has 1 aliphatic rings. The van der Waals surface area contributed by atoms with Crippen LogP contribution in [-0.4, -0.2) is 45.7 Å². The molecule has 9 heteroatoms. The van der Waals surface area contributed by atoms with E-state index in [-0.39, 0.29) is 28.8 Å². The minimum absolute atomic E-state index is 0.0151. The maximum Gasteiger partial charge on any atom is 0.231 e. The molecule has 3 aromatic rings. The first-order chi connectivity index (χ1) is 16.5. The van der Waals surface area contributed by atoms with Crippen molar-refractivity contribution in [1.29, 1.82) is 0 Å². The van der Waals surface area contributed by atoms with E-state index >= 15 is 0 Å². The molecule has 3 heterocycles. The van der Waals surface area contributed by atoms with Gasteiger partial charge in [0.15, 0.2) is 0 Å². The van der Waals surface area contributed by atoms with Gasteiger partial charge in [-0.05, 0) is 18.6 Å². The Morgan fingerprint density at radius 3 is 2.67 bits per heavy atom. The molecular formula is C18H18FN5O3. The Hall–Kier alpha value is -3.23. The van der Waals surface area contributed by atoms with Gasteiger partial charge in [-0.25, -0.2) is 19.3 Å². The second-order valence-corrected chi connectivity index (χ2v) is 5.90. The summed E-state index contributed by atoms with van der Waals surface area (Å²) in [6.07, 6.45) is 0.807. The van der Waals surface area contributed by atoms with Crippen LogP contribution in [0.4, 0.5) is 10.2 Å². The Labute approximate surface area is 167 Å². The van der Waals surface area contributed by atoms with Gasteiger partial charge in [-0.3, -0.25) is 4.79 Å². The van der Waals surface area contributed by atoms with Gasteiger partial charge in [0, 0.05) is 16.5 Å². The fourth-order valence-corrected chi connectivity index (χ4v) is 2.74. The van der Waals surface area contributed by atoms with Crippen molar-refractivity contribution < 1.29 is 31.0 Å². The molecule has 3 aromatic heterocycles. The van der Waals surface area contributed by atoms with Crippen molar-refractivity contribution in [1.82, 2.24) is 19.5 Å². The van der Waals surface area contributed by atoms with E-state index in [1.54, 1.807) is 0 Å². The van der Waals surface area contributed by atoms with E-state index in [2.05, 4.69) is 20.3 Å². The van der Waals surface area contributed by atoms with Crippen molar-refractivity contribution in [3.63, 3.8) is 0 Å². The van der Waals surface area contributed by atoms with E-state index in [0.29, 0.717) is 0 Å². The van der Waals surface area contributed by atoms with Crippen molar-refractivity contribution in [2.24, 2.45) is 12.9 Å². The third-order valence-electron chi connectivity index (χ3n) is 4.22. The molecule has 27 heavy (non-hydrogen) atoms. The molecule has 0 saturated heterocycles. The number of ether oxygens (including phenoxy) is 2. The van der Waals surface area contributed by atoms with Crippen LogP contribution in [-0.2, 0) is 11.8 Å². The van der Waals surface area contributed by atoms with Gasteiger partial charge in [-0.15, -0.1) is 0 Å². The van der Waals surface area contributed by atoms with Crippen LogP contribution in [0.5, 0.6) is 11.8 Å². The topological polar surface area (TPSA) is 91.2 Å². The zero-order valence-corrected chi connectivity index (χ0v) is 13.6. The molecule has 1 aliphatic carbocycles. The Kier molecular flexibility index (Phi) is 2.32. The second kappa shape index (κ2) is 6.49. The van der Waals surface area contributed by atoms with Crippen LogP contribution >= 0.6 is 0 Å². The summed E-state index contributed by atoms with van der Waals surface area (Å²) in [4.78, 5) is 23.6. The number of anilines is 1. The average molecular weight is 380 g/mol. The van der Waals surface area contributed by atoms with Gasteiger partial charge in [-0.2, -0.15) is 0 Å². The molecule has 1 saturated carbocycles. The van der Waals surface area contributed by atoms with Crippen LogP contribution in [0.15, 0.2) is 24.7 Å². The van der Waals surface area contributed by atoms with Crippen LogP contribution in [0.3, 0.4) is 0 Å². The molecule has 0 spiro atoms. The molecule has 8 nitrogen and oxygen atoms in total. The minimum Gasteiger partial charge on any atom is -0.480 e. The minimum atomic E-state index is -3.03. The summed E-state index contributed by atoms with van der Waals surface area (Å²) in [5.41, 5.74) is -0.692. The molecule has 1 fully saturated rings. The largest absolute Gasteiger partial charge is 0.480 e. The van der Waals surface area contributed by atoms with E-state index in [0.717, 1.165) is 17.1 Å². The standard InChI is InChI=1S/C18H18FN5O3/c1-24-12(15-17(26-2)21-8-22-18(15)27-3)4-9-5-14(20-7-13(9)24)23-16(25)10-6-11(10)19/h4-5,7-8,10-11H,6H2,1-3H3,(H,20,23,25)/t10-,11+/m1/s1/i1D3,2D3,3D3. The first kappa shape index (κ1) is 9.63. The maximum absolute atomic E-state index is 13.2. The number of nitrogens with one attached hydrogen (secondary N) is 1. The number of hydrogen-bond donors (Lipinski definition) is 1. The van der Waals surface area contributed by atoms with Gasteiger partial charge >= 0.3 is 0 Å². The lowest BCUT2D eigenvalue weighted by molar-refractivity contribution is -0.117. The lowest BCUT2D eigenvalue weighted by Gasteiger charge is -2.11. The maximum atomic E-state index is 13.2. The van der Waals surface area contributed by atoms with Gasteiger partial charge in [0.25, 0.3) is 0 Å². The smallest absolute Gasteiger partial charge is 0.231 e. The number of alkyl halides is 1. The number of amides is 1. The molecule has 2 atom stereocenters. The number of pyridine rings is 1. The average Bonchev–Trinajstić information content (AvgIpc) is 3.30. The highest BCUT2D eigenvalue weighted by Crippen LogP contribution is 2.38. The lowest BCUT2D eigenvalue weighted by atomic mass is 10.2. The Morgan fingerprint density at radius 1 is 1.30 bits per heavy atom. The number of hydrogen-bond acceptors (Lipinski definition) is 6. The number of methoxy groups -OCH3 is 2. The number of aromatic nitrogens is 4. The van der Waals surface area contributed by atoms with E-state index in [4.69, 9.17) is 21.8 Å². The number of rotatable bonds is 5. The first-order valence-corrected chi connectivity index (χ1v) is 7.74. The Morgan fingerprint density at radius 2 is 2.04 bits per heavy atom. The SMILES string of the molecule is [2H]C([2H])([2H])Oc1ncnc(OC([2H])([2H])[2H])c1-c1cc2cc(NC(=O)[C@@H]3C[C@@H]3F)ncc2n1C([2H])([2H])[2H]. The molecule has 0 aliphatic heterocycles. The number of carbonyl (C=O) groups excluding carboxylic acids is 1. The van der Waals surface area contributed by atoms with Crippen LogP contribution in [0.1, 0.15) is 18.8 Å². The van der Waals surface area contributed by atoms with Crippen molar-refractivity contribution in [2.75, 3.05) is 19.4 Å². The summed E-state index contributed by atoms with van der Waals surface area (Å²) in [6.45, 7) is -2.89. The summed E-state index contributed by atoms with van der Waals surface area (Å²) < 4.78 is 92.4. The van der Waals surface area contributed by atoms with Crippen molar-refractivity contribution >= 4 is 22.6 Å². The number of fused-ring (bicyclic) bond motifs is 1. The van der Waals surface area contributed by atoms with Gasteiger partial charge in [0.2, 0.25) is 17.7 Å². The molecule has 0 radical (unpaired) electrons. The highest BCUT2D eigenvalue weighted by Gasteiger charge is 2.43. The monoisotopic (exact) mass is 380 g/mol. The predicted molar refractivity (Wildman–Crippen MR) is 96.5 cm³/mol. The zero-order valence-electron chi connectivity index (χ0n) is 22.6. The van der Waals surface area contributed by atoms with Crippen LogP contribution in [0.2, 0.25) is 0 Å². The fourth-order valence-electron chi connectivity index (χ4n) is 2.74. The molecule has 1 amide bonds. The van der Waals surface area contributed by atoms with E-state index in [1.807, 2.05) is 0 Å². The summed E-state index contributed by atoms with van der Waals surface area (Å²) in [6, 6.07) is 2.60. The van der Waals surface area contributed by atoms with Crippen molar-refractivity contribution in [3.8, 4) is 23.0 Å². The zero-order chi connectivity index (χ0) is 26.6. The van der Waals surface area contributed by atoms with Crippen molar-refractivity contribution in [2.45, 2.75) is 12.6 Å². The molecular weight excluding hydrogens is 353 g/mol. The van der Waals surface area contributed by atoms with Crippen LogP contribution < -0.4 is 14.8 Å². The molecule has 140 valence electrons. The third kappa shape index (κ3) is 2.94. The highest BCUT2D eigenvalue weighted by molar-refractivity contribution is 5.96. The Bertz CT molecular complexity index is 1290. The first-order valence-electron chi connectivity index (χ1n) is 12.2. The van der Waals surface area contributed by atoms with Gasteiger partial charge < -0.3 is 19.4 Å². The quantitative estimate of drug-likeness (QED) is 0.731. The lowest BCUT2D eigenvalue weighted by Crippen LogP contribution is -2.15. The summed E-state index contributed by atoms with van der Waals surface area (Å²) in [5, 5.41) is 2.67. The summed E-state index contributed by atoms with van der Waals surface area (Å²) in [7, 11) is -6.07. The molecule has 1 N–H and O–H groups in total. The van der Waals surface area contributed by atoms with Gasteiger partial charge in [0.1, 0.15) is 23.9 Å². The number of nitrogens with zero attached hydrogens (tertiary/aromatic N) is 4. The summed E-state index contributed by atoms with van der Waals surface area (Å²) in [5.74, 6) is -2.65. The number of aryl methyl sites for hydroxylation is 1. The molecule has 0 bridgehead atoms. The van der Waals surface area contributed by atoms with Crippen LogP contribution in [0, 0.1) is 5.92 Å². The molecule has 4 rings (SSSR count). The fraction of sp³-hybridized carbons (Fsp3) is 0.333. The van der Waals surface area contributed by atoms with E-state index < -0.39 is 56.4 Å². The normalized spacial score (nSPS) is 24.7. The number of halogens is 1. The predicted octanol–water partition coefficient (Wildman–Crippen LogP) is 2.34. The van der Waals surface area contributed by atoms with Gasteiger partial charge in [-0.1, -0.05) is 0 Å². The number of carbonyl (C=O) groups is 1. The highest BCUT2D eigenvalue weighted by atomic mass is 19.1. The summed E-state index contributed by atoms with van der Waals surface area (Å²) >= 11 is 0.